The van der Waals surface area contributed by atoms with Crippen LogP contribution in [0.15, 0.2) is 47.6 Å². The van der Waals surface area contributed by atoms with Crippen LogP contribution in [0.4, 0.5) is 30.2 Å². The van der Waals surface area contributed by atoms with Gasteiger partial charge in [0.05, 0.1) is 21.6 Å². The van der Waals surface area contributed by atoms with Crippen molar-refractivity contribution < 1.29 is 23.0 Å². The second kappa shape index (κ2) is 9.17. The average molecular weight is 573 g/mol. The van der Waals surface area contributed by atoms with Crippen molar-refractivity contribution in [2.24, 2.45) is 5.10 Å². The summed E-state index contributed by atoms with van der Waals surface area (Å²) >= 11 is 2.19. The Morgan fingerprint density at radius 1 is 1.03 bits per heavy atom. The number of aryl methyl sites for hydroxylation is 1. The Kier molecular flexibility index (Phi) is 6.71. The summed E-state index contributed by atoms with van der Waals surface area (Å²) in [6.45, 7) is 3.68. The van der Waals surface area contributed by atoms with Crippen LogP contribution in [0.3, 0.4) is 0 Å². The van der Waals surface area contributed by atoms with Crippen LogP contribution in [0.2, 0.25) is 0 Å². The molecule has 1 heterocycles. The van der Waals surface area contributed by atoms with E-state index in [1.54, 1.807) is 6.07 Å². The van der Waals surface area contributed by atoms with Crippen LogP contribution >= 0.6 is 22.6 Å². The van der Waals surface area contributed by atoms with Gasteiger partial charge >= 0.3 is 17.6 Å². The van der Waals surface area contributed by atoms with Crippen molar-refractivity contribution in [2.75, 3.05) is 5.43 Å². The molecule has 9 nitrogen and oxygen atoms in total. The van der Waals surface area contributed by atoms with Crippen LogP contribution < -0.4 is 5.43 Å². The van der Waals surface area contributed by atoms with Crippen molar-refractivity contribution in [2.45, 2.75) is 20.0 Å². The normalized spacial score (nSPS) is 11.7. The maximum atomic E-state index is 13.0. The van der Waals surface area contributed by atoms with E-state index < -0.39 is 38.6 Å². The first-order chi connectivity index (χ1) is 15.4. The molecule has 2 aromatic carbocycles. The van der Waals surface area contributed by atoms with Crippen molar-refractivity contribution in [3.8, 4) is 5.69 Å². The molecule has 0 aliphatic carbocycles. The molecule has 0 saturated carbocycles. The van der Waals surface area contributed by atoms with Crippen molar-refractivity contribution in [1.82, 2.24) is 4.57 Å². The molecule has 3 aromatic rings. The van der Waals surface area contributed by atoms with E-state index >= 15 is 0 Å². The summed E-state index contributed by atoms with van der Waals surface area (Å²) in [6, 6.07) is 9.97. The fourth-order valence-corrected chi connectivity index (χ4v) is 3.61. The minimum absolute atomic E-state index is 0.230. The summed E-state index contributed by atoms with van der Waals surface area (Å²) in [7, 11) is 0. The number of halogens is 4. The van der Waals surface area contributed by atoms with Gasteiger partial charge in [0.25, 0.3) is 0 Å². The van der Waals surface area contributed by atoms with Gasteiger partial charge in [-0.1, -0.05) is 0 Å². The highest BCUT2D eigenvalue weighted by atomic mass is 127. The first-order valence-electron chi connectivity index (χ1n) is 9.18. The number of nitro benzene ring substituents is 2. The fourth-order valence-electron chi connectivity index (χ4n) is 3.25. The Hall–Kier alpha value is -3.49. The van der Waals surface area contributed by atoms with E-state index in [2.05, 4.69) is 33.1 Å². The molecule has 0 aliphatic heterocycles. The minimum Gasteiger partial charge on any atom is -0.318 e. The van der Waals surface area contributed by atoms with Crippen molar-refractivity contribution in [1.29, 1.82) is 0 Å². The van der Waals surface area contributed by atoms with E-state index in [0.717, 1.165) is 20.6 Å². The molecule has 172 valence electrons. The molecular formula is C20H15F3IN5O4. The molecule has 0 atom stereocenters. The summed E-state index contributed by atoms with van der Waals surface area (Å²) < 4.78 is 42.1. The van der Waals surface area contributed by atoms with Crippen LogP contribution in [0, 0.1) is 37.6 Å². The number of nitro groups is 2. The molecule has 0 bridgehead atoms. The largest absolute Gasteiger partial charge is 0.416 e. The molecule has 1 N–H and O–H groups in total. The quantitative estimate of drug-likeness (QED) is 0.169. The number of nitrogens with zero attached hydrogens (tertiary/aromatic N) is 4. The van der Waals surface area contributed by atoms with Crippen molar-refractivity contribution >= 4 is 45.9 Å². The second-order valence-corrected chi connectivity index (χ2v) is 8.16. The lowest BCUT2D eigenvalue weighted by atomic mass is 10.1. The highest BCUT2D eigenvalue weighted by Gasteiger charge is 2.37. The van der Waals surface area contributed by atoms with E-state index in [-0.39, 0.29) is 12.1 Å². The van der Waals surface area contributed by atoms with Crippen molar-refractivity contribution in [3.05, 3.63) is 88.8 Å². The molecule has 0 unspecified atom stereocenters. The molecule has 1 aromatic heterocycles. The topological polar surface area (TPSA) is 116 Å². The zero-order valence-electron chi connectivity index (χ0n) is 17.1. The van der Waals surface area contributed by atoms with Crippen LogP contribution in [0.25, 0.3) is 5.69 Å². The lowest BCUT2D eigenvalue weighted by molar-refractivity contribution is -0.392. The molecule has 3 rings (SSSR count). The van der Waals surface area contributed by atoms with Gasteiger partial charge in [0.1, 0.15) is 0 Å². The summed E-state index contributed by atoms with van der Waals surface area (Å²) in [6.07, 6.45) is -3.71. The monoisotopic (exact) mass is 573 g/mol. The molecule has 0 aliphatic rings. The fraction of sp³-hybridized carbons (Fsp3) is 0.150. The Bertz CT molecular complexity index is 1230. The zero-order chi connectivity index (χ0) is 24.5. The molecule has 33 heavy (non-hydrogen) atoms. The van der Waals surface area contributed by atoms with Gasteiger partial charge in [-0.25, -0.2) is 0 Å². The van der Waals surface area contributed by atoms with Crippen LogP contribution in [0.5, 0.6) is 0 Å². The third-order valence-electron chi connectivity index (χ3n) is 4.75. The predicted molar refractivity (Wildman–Crippen MR) is 124 cm³/mol. The van der Waals surface area contributed by atoms with E-state index in [1.165, 1.54) is 6.21 Å². The number of aromatic nitrogens is 1. The van der Waals surface area contributed by atoms with Gasteiger partial charge < -0.3 is 4.57 Å². The van der Waals surface area contributed by atoms with Gasteiger partial charge in [0, 0.05) is 38.3 Å². The number of hydrogen-bond acceptors (Lipinski definition) is 6. The number of alkyl halides is 3. The lowest BCUT2D eigenvalue weighted by Gasteiger charge is -2.10. The van der Waals surface area contributed by atoms with Gasteiger partial charge in [-0.05, 0) is 66.8 Å². The number of hydrazone groups is 1. The highest BCUT2D eigenvalue weighted by molar-refractivity contribution is 14.1. The Morgan fingerprint density at radius 3 is 2.06 bits per heavy atom. The summed E-state index contributed by atoms with van der Waals surface area (Å²) in [5.74, 6) is 0. The first kappa shape index (κ1) is 24.2. The third-order valence-corrected chi connectivity index (χ3v) is 5.47. The molecule has 0 fully saturated rings. The average Bonchev–Trinajstić information content (AvgIpc) is 3.00. The van der Waals surface area contributed by atoms with Crippen LogP contribution in [-0.4, -0.2) is 20.6 Å². The van der Waals surface area contributed by atoms with E-state index in [4.69, 9.17) is 0 Å². The molecule has 0 amide bonds. The van der Waals surface area contributed by atoms with Crippen LogP contribution in [-0.2, 0) is 6.18 Å². The number of nitrogens with one attached hydrogen (secondary N) is 1. The maximum Gasteiger partial charge on any atom is 0.416 e. The first-order valence-corrected chi connectivity index (χ1v) is 10.3. The highest BCUT2D eigenvalue weighted by Crippen LogP contribution is 2.41. The lowest BCUT2D eigenvalue weighted by Crippen LogP contribution is -2.09. The standard InChI is InChI=1S/C20H15F3IN5O4/c1-11-7-13(12(2)27(11)16-5-3-15(24)4-6-16)10-25-26-19-17(28(30)31)8-14(20(21,22)23)9-18(19)29(32)33/h3-10,26H,1-2H3/b25-10+. The molecule has 0 radical (unpaired) electrons. The van der Waals surface area contributed by atoms with Crippen molar-refractivity contribution in [3.63, 3.8) is 0 Å². The summed E-state index contributed by atoms with van der Waals surface area (Å²) in [5, 5.41) is 26.5. The smallest absolute Gasteiger partial charge is 0.318 e. The number of hydrogen-bond donors (Lipinski definition) is 1. The van der Waals surface area contributed by atoms with Gasteiger partial charge in [0.2, 0.25) is 5.69 Å². The van der Waals surface area contributed by atoms with Gasteiger partial charge in [-0.3, -0.25) is 25.7 Å². The molecule has 13 heteroatoms. The molecule has 0 saturated heterocycles. The zero-order valence-corrected chi connectivity index (χ0v) is 19.2. The number of rotatable bonds is 6. The molecular weight excluding hydrogens is 558 g/mol. The Morgan fingerprint density at radius 2 is 1.58 bits per heavy atom. The number of anilines is 1. The summed E-state index contributed by atoms with van der Waals surface area (Å²) in [5.41, 5.74) is 0.844. The van der Waals surface area contributed by atoms with Crippen LogP contribution in [0.1, 0.15) is 22.5 Å². The maximum absolute atomic E-state index is 13.0. The Balaban J connectivity index is 1.99. The predicted octanol–water partition coefficient (Wildman–Crippen LogP) is 5.98. The second-order valence-electron chi connectivity index (χ2n) is 6.91. The van der Waals surface area contributed by atoms with E-state index in [9.17, 15) is 33.4 Å². The Labute approximate surface area is 198 Å². The minimum atomic E-state index is -5.00. The van der Waals surface area contributed by atoms with Gasteiger partial charge in [-0.2, -0.15) is 18.3 Å². The van der Waals surface area contributed by atoms with Gasteiger partial charge in [-0.15, -0.1) is 0 Å². The van der Waals surface area contributed by atoms with Gasteiger partial charge in [0.15, 0.2) is 0 Å². The number of benzene rings is 2. The third kappa shape index (κ3) is 5.13. The van der Waals surface area contributed by atoms with E-state index in [1.807, 2.05) is 42.7 Å². The van der Waals surface area contributed by atoms with E-state index in [0.29, 0.717) is 5.56 Å². The summed E-state index contributed by atoms with van der Waals surface area (Å²) in [4.78, 5) is 20.4. The molecule has 0 spiro atoms. The SMILES string of the molecule is Cc1cc(/C=N/Nc2c([N+](=O)[O-])cc(C(F)(F)F)cc2[N+](=O)[O-])c(C)n1-c1ccc(I)cc1.